The summed E-state index contributed by atoms with van der Waals surface area (Å²) in [5, 5.41) is 9.65. The minimum absolute atomic E-state index is 0.0302. The zero-order valence-electron chi connectivity index (χ0n) is 12.2. The van der Waals surface area contributed by atoms with Gasteiger partial charge in [-0.1, -0.05) is 6.07 Å². The standard InChI is InChI=1S/C15H15N5O3/c21-13-7-16-15(23)12-5-9(8-19(12)13)17-14(22)11-6-10-3-1-2-4-20(10)18-11/h1-4,6,9,12H,5,7-8H2,(H,16,23)(H,17,22)/t9-,12+/m1/s1. The molecule has 2 aromatic heterocycles. The Morgan fingerprint density at radius 3 is 3.00 bits per heavy atom. The van der Waals surface area contributed by atoms with E-state index < -0.39 is 6.04 Å². The number of carbonyl (C=O) groups is 3. The molecule has 8 heteroatoms. The molecule has 0 saturated carbocycles. The Balaban J connectivity index is 1.49. The lowest BCUT2D eigenvalue weighted by Gasteiger charge is -2.28. The van der Waals surface area contributed by atoms with Crippen molar-refractivity contribution < 1.29 is 14.4 Å². The molecule has 0 aliphatic carbocycles. The van der Waals surface area contributed by atoms with Crippen LogP contribution in [0, 0.1) is 0 Å². The van der Waals surface area contributed by atoms with Gasteiger partial charge in [-0.2, -0.15) is 5.10 Å². The predicted molar refractivity (Wildman–Crippen MR) is 79.6 cm³/mol. The van der Waals surface area contributed by atoms with Crippen LogP contribution in [0.25, 0.3) is 5.52 Å². The molecule has 4 rings (SSSR count). The van der Waals surface area contributed by atoms with Crippen LogP contribution >= 0.6 is 0 Å². The van der Waals surface area contributed by atoms with Gasteiger partial charge in [-0.15, -0.1) is 0 Å². The van der Waals surface area contributed by atoms with Crippen molar-refractivity contribution >= 4 is 23.2 Å². The van der Waals surface area contributed by atoms with E-state index in [1.807, 2.05) is 18.2 Å². The second-order valence-corrected chi connectivity index (χ2v) is 5.79. The van der Waals surface area contributed by atoms with E-state index in [9.17, 15) is 14.4 Å². The molecule has 2 aliphatic heterocycles. The SMILES string of the molecule is O=C(N[C@@H]1C[C@H]2C(=O)NCC(=O)N2C1)c1cc2ccccn2n1. The fraction of sp³-hybridized carbons (Fsp3) is 0.333. The smallest absolute Gasteiger partial charge is 0.272 e. The van der Waals surface area contributed by atoms with Crippen LogP contribution in [0.15, 0.2) is 30.5 Å². The van der Waals surface area contributed by atoms with Crippen molar-refractivity contribution in [3.05, 3.63) is 36.2 Å². The van der Waals surface area contributed by atoms with Crippen molar-refractivity contribution in [3.63, 3.8) is 0 Å². The van der Waals surface area contributed by atoms with Gasteiger partial charge >= 0.3 is 0 Å². The number of fused-ring (bicyclic) bond motifs is 2. The van der Waals surface area contributed by atoms with E-state index in [4.69, 9.17) is 0 Å². The molecule has 2 atom stereocenters. The second kappa shape index (κ2) is 5.08. The first-order valence-electron chi connectivity index (χ1n) is 7.44. The number of hydrogen-bond donors (Lipinski definition) is 2. The normalized spacial score (nSPS) is 23.7. The lowest BCUT2D eigenvalue weighted by atomic mass is 10.1. The summed E-state index contributed by atoms with van der Waals surface area (Å²) in [4.78, 5) is 37.5. The molecular weight excluding hydrogens is 298 g/mol. The predicted octanol–water partition coefficient (Wildman–Crippen LogP) is -0.837. The number of amides is 3. The van der Waals surface area contributed by atoms with Crippen LogP contribution in [0.1, 0.15) is 16.9 Å². The van der Waals surface area contributed by atoms with E-state index in [1.165, 1.54) is 4.90 Å². The number of carbonyl (C=O) groups excluding carboxylic acids is 3. The van der Waals surface area contributed by atoms with Gasteiger partial charge in [0.25, 0.3) is 5.91 Å². The van der Waals surface area contributed by atoms with Crippen molar-refractivity contribution in [1.29, 1.82) is 0 Å². The van der Waals surface area contributed by atoms with Crippen molar-refractivity contribution in [3.8, 4) is 0 Å². The molecular formula is C15H15N5O3. The summed E-state index contributed by atoms with van der Waals surface area (Å²) in [7, 11) is 0. The molecule has 4 heterocycles. The van der Waals surface area contributed by atoms with E-state index in [1.54, 1.807) is 16.8 Å². The van der Waals surface area contributed by atoms with Gasteiger partial charge in [0.2, 0.25) is 11.8 Å². The highest BCUT2D eigenvalue weighted by Crippen LogP contribution is 2.21. The van der Waals surface area contributed by atoms with Crippen molar-refractivity contribution in [2.24, 2.45) is 0 Å². The fourth-order valence-electron chi connectivity index (χ4n) is 3.16. The van der Waals surface area contributed by atoms with Gasteiger partial charge in [0.15, 0.2) is 5.69 Å². The van der Waals surface area contributed by atoms with Crippen LogP contribution < -0.4 is 10.6 Å². The highest BCUT2D eigenvalue weighted by atomic mass is 16.2. The summed E-state index contributed by atoms with van der Waals surface area (Å²) in [6, 6.07) is 6.55. The van der Waals surface area contributed by atoms with Crippen molar-refractivity contribution in [1.82, 2.24) is 25.1 Å². The maximum Gasteiger partial charge on any atom is 0.272 e. The second-order valence-electron chi connectivity index (χ2n) is 5.79. The van der Waals surface area contributed by atoms with E-state index in [2.05, 4.69) is 15.7 Å². The Morgan fingerprint density at radius 1 is 1.35 bits per heavy atom. The van der Waals surface area contributed by atoms with Gasteiger partial charge in [0.05, 0.1) is 12.1 Å². The summed E-state index contributed by atoms with van der Waals surface area (Å²) in [5.74, 6) is -0.570. The first-order valence-corrected chi connectivity index (χ1v) is 7.44. The number of piperazine rings is 1. The lowest BCUT2D eigenvalue weighted by molar-refractivity contribution is -0.143. The zero-order chi connectivity index (χ0) is 16.0. The number of pyridine rings is 1. The third kappa shape index (κ3) is 2.32. The lowest BCUT2D eigenvalue weighted by Crippen LogP contribution is -2.55. The largest absolute Gasteiger partial charge is 0.346 e. The van der Waals surface area contributed by atoms with Gasteiger partial charge in [-0.05, 0) is 24.6 Å². The first-order chi connectivity index (χ1) is 11.1. The quantitative estimate of drug-likeness (QED) is 0.756. The molecule has 2 N–H and O–H groups in total. The third-order valence-corrected chi connectivity index (χ3v) is 4.28. The number of nitrogens with one attached hydrogen (secondary N) is 2. The average Bonchev–Trinajstić information content (AvgIpc) is 3.15. The highest BCUT2D eigenvalue weighted by molar-refractivity contribution is 5.96. The monoisotopic (exact) mass is 313 g/mol. The van der Waals surface area contributed by atoms with Crippen molar-refractivity contribution in [2.45, 2.75) is 18.5 Å². The average molecular weight is 313 g/mol. The molecule has 118 valence electrons. The van der Waals surface area contributed by atoms with Crippen LogP contribution in [0.3, 0.4) is 0 Å². The Hall–Kier alpha value is -2.90. The molecule has 0 spiro atoms. The Bertz CT molecular complexity index is 757. The molecule has 3 amide bonds. The molecule has 23 heavy (non-hydrogen) atoms. The van der Waals surface area contributed by atoms with E-state index >= 15 is 0 Å². The van der Waals surface area contributed by atoms with E-state index in [0.717, 1.165) is 5.52 Å². The van der Waals surface area contributed by atoms with Crippen LogP contribution in [-0.4, -0.2) is 57.4 Å². The highest BCUT2D eigenvalue weighted by Gasteiger charge is 2.42. The Labute approximate surface area is 131 Å². The molecule has 2 aliphatic rings. The number of hydrogen-bond acceptors (Lipinski definition) is 4. The van der Waals surface area contributed by atoms with Crippen molar-refractivity contribution in [2.75, 3.05) is 13.1 Å². The molecule has 8 nitrogen and oxygen atoms in total. The Kier molecular flexibility index (Phi) is 3.03. The molecule has 0 bridgehead atoms. The van der Waals surface area contributed by atoms with Gasteiger partial charge in [0, 0.05) is 18.8 Å². The molecule has 0 aromatic carbocycles. The summed E-state index contributed by atoms with van der Waals surface area (Å²) >= 11 is 0. The number of nitrogens with zero attached hydrogens (tertiary/aromatic N) is 3. The molecule has 2 saturated heterocycles. The minimum Gasteiger partial charge on any atom is -0.346 e. The van der Waals surface area contributed by atoms with E-state index in [0.29, 0.717) is 18.7 Å². The Morgan fingerprint density at radius 2 is 2.22 bits per heavy atom. The summed E-state index contributed by atoms with van der Waals surface area (Å²) in [6.07, 6.45) is 2.20. The summed E-state index contributed by atoms with van der Waals surface area (Å²) in [6.45, 7) is 0.387. The van der Waals surface area contributed by atoms with Crippen LogP contribution in [0.4, 0.5) is 0 Å². The van der Waals surface area contributed by atoms with Crippen LogP contribution in [0.5, 0.6) is 0 Å². The van der Waals surface area contributed by atoms with Crippen LogP contribution in [-0.2, 0) is 9.59 Å². The number of rotatable bonds is 2. The number of aromatic nitrogens is 2. The maximum atomic E-state index is 12.3. The van der Waals surface area contributed by atoms with Gasteiger partial charge in [-0.3, -0.25) is 14.4 Å². The van der Waals surface area contributed by atoms with Gasteiger partial charge < -0.3 is 15.5 Å². The van der Waals surface area contributed by atoms with Gasteiger partial charge in [-0.25, -0.2) is 4.52 Å². The summed E-state index contributed by atoms with van der Waals surface area (Å²) in [5.41, 5.74) is 1.15. The minimum atomic E-state index is -0.484. The maximum absolute atomic E-state index is 12.3. The van der Waals surface area contributed by atoms with E-state index in [-0.39, 0.29) is 30.3 Å². The topological polar surface area (TPSA) is 95.8 Å². The molecule has 0 radical (unpaired) electrons. The molecule has 2 fully saturated rings. The first kappa shape index (κ1) is 13.7. The summed E-state index contributed by atoms with van der Waals surface area (Å²) < 4.78 is 1.63. The molecule has 2 aromatic rings. The van der Waals surface area contributed by atoms with Gasteiger partial charge in [0.1, 0.15) is 6.04 Å². The fourth-order valence-corrected chi connectivity index (χ4v) is 3.16. The van der Waals surface area contributed by atoms with Crippen LogP contribution in [0.2, 0.25) is 0 Å². The zero-order valence-corrected chi connectivity index (χ0v) is 12.2. The molecule has 0 unspecified atom stereocenters. The third-order valence-electron chi connectivity index (χ3n) is 4.28.